The van der Waals surface area contributed by atoms with Gasteiger partial charge in [0.2, 0.25) is 29.7 Å². The monoisotopic (exact) mass is 813 g/mol. The number of hydrogen-bond acceptors (Lipinski definition) is 15. The van der Waals surface area contributed by atoms with Crippen molar-refractivity contribution < 1.29 is 28.5 Å². The lowest BCUT2D eigenvalue weighted by molar-refractivity contribution is -0.131. The number of aryl methyl sites for hydroxylation is 1. The normalized spacial score (nSPS) is 14.4. The molecule has 0 spiro atoms. The smallest absolute Gasteiger partial charge is 0.241 e. The lowest BCUT2D eigenvalue weighted by Gasteiger charge is -2.35. The third kappa shape index (κ3) is 19.1. The van der Waals surface area contributed by atoms with Crippen molar-refractivity contribution in [3.05, 3.63) is 11.9 Å². The van der Waals surface area contributed by atoms with E-state index in [0.717, 1.165) is 69.9 Å². The number of carbonyl (C=O) groups excluding carboxylic acids is 2. The van der Waals surface area contributed by atoms with Crippen LogP contribution >= 0.6 is 0 Å². The van der Waals surface area contributed by atoms with Gasteiger partial charge in [0.1, 0.15) is 13.2 Å². The van der Waals surface area contributed by atoms with Gasteiger partial charge in [-0.15, -0.1) is 11.5 Å². The Kier molecular flexibility index (Phi) is 23.4. The zero-order valence-electron chi connectivity index (χ0n) is 34.6. The van der Waals surface area contributed by atoms with Crippen molar-refractivity contribution in [1.29, 1.82) is 0 Å². The molecule has 2 amide bonds. The number of aromatic nitrogens is 6. The average molecular weight is 813 g/mol. The SMILES string of the molecule is C#CCOCCOCCOCCNc1nc(N2CCOCC2)nc(N2CCN(C(=O)CCCCCCCCCCNC(=O)Cn3cc(CCCCCN)nn3)CC2)n1. The van der Waals surface area contributed by atoms with E-state index in [-0.39, 0.29) is 25.0 Å². The molecule has 0 aliphatic carbocycles. The Morgan fingerprint density at radius 2 is 1.40 bits per heavy atom. The number of amides is 2. The molecule has 0 saturated carbocycles. The number of unbranched alkanes of at least 4 members (excludes halogenated alkanes) is 9. The van der Waals surface area contributed by atoms with Crippen molar-refractivity contribution in [3.8, 4) is 12.3 Å². The van der Waals surface area contributed by atoms with E-state index in [4.69, 9.17) is 46.1 Å². The maximum absolute atomic E-state index is 13.0. The molecular formula is C40H68N12O6. The molecule has 0 bridgehead atoms. The van der Waals surface area contributed by atoms with Crippen LogP contribution in [0.2, 0.25) is 0 Å². The van der Waals surface area contributed by atoms with Crippen molar-refractivity contribution in [3.63, 3.8) is 0 Å². The molecule has 324 valence electrons. The zero-order chi connectivity index (χ0) is 40.9. The first-order valence-electron chi connectivity index (χ1n) is 21.4. The molecule has 2 aromatic heterocycles. The molecule has 2 aromatic rings. The molecule has 0 atom stereocenters. The molecule has 2 aliphatic rings. The van der Waals surface area contributed by atoms with Crippen LogP contribution in [-0.4, -0.2) is 158 Å². The summed E-state index contributed by atoms with van der Waals surface area (Å²) in [5.41, 5.74) is 6.46. The average Bonchev–Trinajstić information content (AvgIpc) is 3.70. The highest BCUT2D eigenvalue weighted by Gasteiger charge is 2.25. The van der Waals surface area contributed by atoms with Crippen molar-refractivity contribution >= 4 is 29.7 Å². The van der Waals surface area contributed by atoms with Gasteiger partial charge < -0.3 is 50.0 Å². The first-order chi connectivity index (χ1) is 28.6. The number of rotatable bonds is 31. The fraction of sp³-hybridized carbons (Fsp3) is 0.775. The molecule has 2 saturated heterocycles. The van der Waals surface area contributed by atoms with Crippen LogP contribution in [0.5, 0.6) is 0 Å². The van der Waals surface area contributed by atoms with Crippen LogP contribution in [0.3, 0.4) is 0 Å². The Hall–Kier alpha value is -4.15. The Bertz CT molecular complexity index is 1460. The maximum Gasteiger partial charge on any atom is 0.241 e. The van der Waals surface area contributed by atoms with Crippen molar-refractivity contribution in [2.75, 3.05) is 127 Å². The number of terminal acetylenes is 1. The highest BCUT2D eigenvalue weighted by Crippen LogP contribution is 2.20. The molecule has 4 rings (SSSR count). The summed E-state index contributed by atoms with van der Waals surface area (Å²) >= 11 is 0. The summed E-state index contributed by atoms with van der Waals surface area (Å²) in [6, 6.07) is 0. The van der Waals surface area contributed by atoms with Crippen LogP contribution < -0.4 is 26.2 Å². The van der Waals surface area contributed by atoms with Crippen LogP contribution in [0, 0.1) is 12.3 Å². The van der Waals surface area contributed by atoms with Gasteiger partial charge in [0, 0.05) is 65.0 Å². The molecule has 58 heavy (non-hydrogen) atoms. The molecule has 4 N–H and O–H groups in total. The number of carbonyl (C=O) groups is 2. The number of hydrogen-bond donors (Lipinski definition) is 3. The second kappa shape index (κ2) is 29.1. The third-order valence-electron chi connectivity index (χ3n) is 9.95. The van der Waals surface area contributed by atoms with Crippen molar-refractivity contribution in [2.24, 2.45) is 5.73 Å². The number of piperazine rings is 1. The standard InChI is InChI=1S/C40H68N12O6/c1-2-25-55-29-31-58-32-30-56-26-18-43-38-44-39(46-40(45-38)51-23-27-57-28-24-51)50-21-19-49(20-22-50)37(54)15-11-7-5-3-4-6-8-13-17-42-36(53)34-52-33-35(47-48-52)14-10-9-12-16-41/h1,33H,3-32,34,41H2,(H,42,53)(H,43,44,45,46). The Morgan fingerprint density at radius 1 is 0.759 bits per heavy atom. The van der Waals surface area contributed by atoms with Gasteiger partial charge in [-0.2, -0.15) is 15.0 Å². The molecule has 4 heterocycles. The van der Waals surface area contributed by atoms with Gasteiger partial charge in [-0.25, -0.2) is 4.68 Å². The fourth-order valence-corrected chi connectivity index (χ4v) is 6.65. The molecule has 18 nitrogen and oxygen atoms in total. The lowest BCUT2D eigenvalue weighted by atomic mass is 10.1. The summed E-state index contributed by atoms with van der Waals surface area (Å²) in [6.07, 6.45) is 20.3. The minimum absolute atomic E-state index is 0.0314. The number of anilines is 3. The van der Waals surface area contributed by atoms with Gasteiger partial charge in [0.15, 0.2) is 0 Å². The van der Waals surface area contributed by atoms with Gasteiger partial charge in [-0.05, 0) is 38.6 Å². The largest absolute Gasteiger partial charge is 0.378 e. The summed E-state index contributed by atoms with van der Waals surface area (Å²) in [6.45, 7) is 10.1. The van der Waals surface area contributed by atoms with Crippen LogP contribution in [-0.2, 0) is 41.5 Å². The van der Waals surface area contributed by atoms with Crippen LogP contribution in [0.1, 0.15) is 82.7 Å². The van der Waals surface area contributed by atoms with E-state index in [1.54, 1.807) is 4.68 Å². The number of ether oxygens (including phenoxy) is 4. The summed E-state index contributed by atoms with van der Waals surface area (Å²) in [4.78, 5) is 45.8. The second-order valence-electron chi connectivity index (χ2n) is 14.6. The van der Waals surface area contributed by atoms with Crippen LogP contribution in [0.15, 0.2) is 6.20 Å². The van der Waals surface area contributed by atoms with Gasteiger partial charge in [0.25, 0.3) is 0 Å². The fourth-order valence-electron chi connectivity index (χ4n) is 6.65. The van der Waals surface area contributed by atoms with Gasteiger partial charge in [0.05, 0.1) is 51.9 Å². The maximum atomic E-state index is 13.0. The molecule has 0 radical (unpaired) electrons. The van der Waals surface area contributed by atoms with Gasteiger partial charge >= 0.3 is 0 Å². The van der Waals surface area contributed by atoms with Crippen LogP contribution in [0.25, 0.3) is 0 Å². The summed E-state index contributed by atoms with van der Waals surface area (Å²) in [7, 11) is 0. The topological polar surface area (TPSA) is 200 Å². The number of nitrogens with one attached hydrogen (secondary N) is 2. The molecule has 18 heteroatoms. The summed E-state index contributed by atoms with van der Waals surface area (Å²) in [5.74, 6) is 4.35. The van der Waals surface area contributed by atoms with Gasteiger partial charge in [-0.1, -0.05) is 56.1 Å². The molecule has 2 aliphatic heterocycles. The van der Waals surface area contributed by atoms with E-state index in [2.05, 4.69) is 36.7 Å². The minimum atomic E-state index is -0.0314. The zero-order valence-corrected chi connectivity index (χ0v) is 34.6. The van der Waals surface area contributed by atoms with E-state index in [0.29, 0.717) is 129 Å². The van der Waals surface area contributed by atoms with E-state index in [9.17, 15) is 9.59 Å². The minimum Gasteiger partial charge on any atom is -0.378 e. The molecule has 2 fully saturated rings. The predicted molar refractivity (Wildman–Crippen MR) is 223 cm³/mol. The quantitative estimate of drug-likeness (QED) is 0.0738. The third-order valence-corrected chi connectivity index (χ3v) is 9.95. The lowest BCUT2D eigenvalue weighted by Crippen LogP contribution is -2.49. The van der Waals surface area contributed by atoms with Crippen LogP contribution in [0.4, 0.5) is 17.8 Å². The first kappa shape index (κ1) is 46.5. The molecular weight excluding hydrogens is 745 g/mol. The van der Waals surface area contributed by atoms with Gasteiger partial charge in [-0.3, -0.25) is 9.59 Å². The number of nitrogens with two attached hydrogens (primary N) is 1. The second-order valence-corrected chi connectivity index (χ2v) is 14.6. The Morgan fingerprint density at radius 3 is 2.10 bits per heavy atom. The Balaban J connectivity index is 1.03. The van der Waals surface area contributed by atoms with E-state index >= 15 is 0 Å². The van der Waals surface area contributed by atoms with Crippen molar-refractivity contribution in [1.82, 2.24) is 40.2 Å². The number of nitrogens with zero attached hydrogens (tertiary/aromatic N) is 9. The molecule has 0 unspecified atom stereocenters. The van der Waals surface area contributed by atoms with E-state index in [1.807, 2.05) is 11.1 Å². The number of morpholine rings is 1. The Labute approximate surface area is 344 Å². The van der Waals surface area contributed by atoms with E-state index < -0.39 is 0 Å². The summed E-state index contributed by atoms with van der Waals surface area (Å²) < 4.78 is 23.5. The molecule has 0 aromatic carbocycles. The first-order valence-corrected chi connectivity index (χ1v) is 21.4. The predicted octanol–water partition coefficient (Wildman–Crippen LogP) is 2.04. The van der Waals surface area contributed by atoms with E-state index in [1.165, 1.54) is 12.8 Å². The highest BCUT2D eigenvalue weighted by atomic mass is 16.5. The highest BCUT2D eigenvalue weighted by molar-refractivity contribution is 5.76. The van der Waals surface area contributed by atoms with Crippen molar-refractivity contribution in [2.45, 2.75) is 90.0 Å². The summed E-state index contributed by atoms with van der Waals surface area (Å²) in [5, 5.41) is 14.5.